The minimum atomic E-state index is -0.0958. The zero-order chi connectivity index (χ0) is 15.1. The van der Waals surface area contributed by atoms with Gasteiger partial charge < -0.3 is 15.4 Å². The maximum absolute atomic E-state index is 5.77. The van der Waals surface area contributed by atoms with Gasteiger partial charge in [-0.05, 0) is 39.2 Å². The van der Waals surface area contributed by atoms with E-state index in [4.69, 9.17) is 4.74 Å². The van der Waals surface area contributed by atoms with Crippen molar-refractivity contribution in [2.24, 2.45) is 4.99 Å². The van der Waals surface area contributed by atoms with Crippen LogP contribution in [0.3, 0.4) is 0 Å². The highest BCUT2D eigenvalue weighted by molar-refractivity contribution is 14.0. The summed E-state index contributed by atoms with van der Waals surface area (Å²) >= 11 is 0. The van der Waals surface area contributed by atoms with E-state index in [2.05, 4.69) is 34.6 Å². The first kappa shape index (κ1) is 19.2. The summed E-state index contributed by atoms with van der Waals surface area (Å²) in [6, 6.07) is 0. The molecule has 1 aromatic heterocycles. The lowest BCUT2D eigenvalue weighted by Gasteiger charge is -2.21. The number of ether oxygens (including phenoxy) is 1. The first-order valence-electron chi connectivity index (χ1n) is 7.76. The SMILES string of the molecule is CCNC(=NCC1(C)CCCO1)NCCn1cc(C)cn1.I. The molecule has 6 nitrogen and oxygen atoms in total. The van der Waals surface area contributed by atoms with Crippen LogP contribution < -0.4 is 10.6 Å². The molecule has 1 fully saturated rings. The zero-order valence-corrected chi connectivity index (χ0v) is 16.1. The molecule has 2 heterocycles. The van der Waals surface area contributed by atoms with Gasteiger partial charge in [0, 0.05) is 25.9 Å². The van der Waals surface area contributed by atoms with Crippen LogP contribution in [0.25, 0.3) is 0 Å². The number of guanidine groups is 1. The predicted octanol–water partition coefficient (Wildman–Crippen LogP) is 1.93. The van der Waals surface area contributed by atoms with Crippen molar-refractivity contribution in [3.8, 4) is 0 Å². The lowest BCUT2D eigenvalue weighted by atomic mass is 10.0. The summed E-state index contributed by atoms with van der Waals surface area (Å²) in [5.41, 5.74) is 1.09. The lowest BCUT2D eigenvalue weighted by molar-refractivity contribution is 0.0283. The number of halogens is 1. The van der Waals surface area contributed by atoms with E-state index in [1.165, 1.54) is 5.56 Å². The van der Waals surface area contributed by atoms with Crippen molar-refractivity contribution in [2.45, 2.75) is 45.8 Å². The number of hydrogen-bond donors (Lipinski definition) is 2. The van der Waals surface area contributed by atoms with Crippen LogP contribution in [0.1, 0.15) is 32.3 Å². The van der Waals surface area contributed by atoms with Gasteiger partial charge in [-0.3, -0.25) is 9.67 Å². The second-order valence-corrected chi connectivity index (χ2v) is 5.80. The Labute approximate surface area is 150 Å². The second-order valence-electron chi connectivity index (χ2n) is 5.80. The van der Waals surface area contributed by atoms with E-state index in [9.17, 15) is 0 Å². The summed E-state index contributed by atoms with van der Waals surface area (Å²) in [5, 5.41) is 10.9. The second kappa shape index (κ2) is 9.34. The van der Waals surface area contributed by atoms with E-state index in [0.29, 0.717) is 6.54 Å². The summed E-state index contributed by atoms with van der Waals surface area (Å²) in [7, 11) is 0. The molecule has 1 saturated heterocycles. The molecule has 1 aromatic rings. The van der Waals surface area contributed by atoms with Crippen LogP contribution in [0.15, 0.2) is 17.4 Å². The summed E-state index contributed by atoms with van der Waals surface area (Å²) in [6.45, 7) is 10.3. The Morgan fingerprint density at radius 1 is 1.50 bits per heavy atom. The summed E-state index contributed by atoms with van der Waals surface area (Å²) in [6.07, 6.45) is 6.13. The molecule has 22 heavy (non-hydrogen) atoms. The number of nitrogens with one attached hydrogen (secondary N) is 2. The predicted molar refractivity (Wildman–Crippen MR) is 100.0 cm³/mol. The molecule has 1 aliphatic heterocycles. The van der Waals surface area contributed by atoms with E-state index in [0.717, 1.165) is 45.0 Å². The van der Waals surface area contributed by atoms with Gasteiger partial charge in [0.05, 0.1) is 24.9 Å². The third-order valence-corrected chi connectivity index (χ3v) is 3.61. The third kappa shape index (κ3) is 6.12. The molecule has 0 amide bonds. The van der Waals surface area contributed by atoms with Gasteiger partial charge in [-0.1, -0.05) is 0 Å². The van der Waals surface area contributed by atoms with Crippen LogP contribution in [0.2, 0.25) is 0 Å². The molecule has 0 aliphatic carbocycles. The van der Waals surface area contributed by atoms with Crippen molar-refractivity contribution in [3.63, 3.8) is 0 Å². The number of rotatable bonds is 6. The Balaban J connectivity index is 0.00000242. The Bertz CT molecular complexity index is 468. The molecule has 0 bridgehead atoms. The van der Waals surface area contributed by atoms with Gasteiger partial charge >= 0.3 is 0 Å². The minimum Gasteiger partial charge on any atom is -0.373 e. The molecule has 0 aromatic carbocycles. The molecule has 0 radical (unpaired) electrons. The van der Waals surface area contributed by atoms with Crippen LogP contribution in [-0.2, 0) is 11.3 Å². The standard InChI is InChI=1S/C15H27N5O.HI/c1-4-16-14(18-12-15(3)6-5-9-21-15)17-7-8-20-11-13(2)10-19-20;/h10-11H,4-9,12H2,1-3H3,(H2,16,17,18);1H. The molecule has 2 rings (SSSR count). The lowest BCUT2D eigenvalue weighted by Crippen LogP contribution is -2.40. The number of nitrogens with zero attached hydrogens (tertiary/aromatic N) is 3. The van der Waals surface area contributed by atoms with Gasteiger partial charge in [-0.2, -0.15) is 5.10 Å². The van der Waals surface area contributed by atoms with Gasteiger partial charge in [-0.15, -0.1) is 24.0 Å². The zero-order valence-electron chi connectivity index (χ0n) is 13.8. The highest BCUT2D eigenvalue weighted by Crippen LogP contribution is 2.24. The number of aryl methyl sites for hydroxylation is 1. The molecule has 0 spiro atoms. The van der Waals surface area contributed by atoms with Gasteiger partial charge in [-0.25, -0.2) is 0 Å². The Hall–Kier alpha value is -0.830. The maximum atomic E-state index is 5.77. The molecule has 126 valence electrons. The average Bonchev–Trinajstić information content (AvgIpc) is 3.06. The number of hydrogen-bond acceptors (Lipinski definition) is 3. The Morgan fingerprint density at radius 3 is 2.91 bits per heavy atom. The highest BCUT2D eigenvalue weighted by Gasteiger charge is 2.29. The number of aromatic nitrogens is 2. The van der Waals surface area contributed by atoms with E-state index < -0.39 is 0 Å². The van der Waals surface area contributed by atoms with Gasteiger partial charge in [0.1, 0.15) is 0 Å². The smallest absolute Gasteiger partial charge is 0.191 e. The summed E-state index contributed by atoms with van der Waals surface area (Å²) in [5.74, 6) is 0.845. The fraction of sp³-hybridized carbons (Fsp3) is 0.733. The Kier molecular flexibility index (Phi) is 8.16. The van der Waals surface area contributed by atoms with Crippen LogP contribution in [0.5, 0.6) is 0 Å². The first-order valence-corrected chi connectivity index (χ1v) is 7.76. The van der Waals surface area contributed by atoms with Crippen LogP contribution in [0.4, 0.5) is 0 Å². The van der Waals surface area contributed by atoms with Crippen LogP contribution >= 0.6 is 24.0 Å². The molecule has 2 N–H and O–H groups in total. The van der Waals surface area contributed by atoms with Crippen molar-refractivity contribution in [1.29, 1.82) is 0 Å². The van der Waals surface area contributed by atoms with E-state index in [1.807, 2.05) is 24.0 Å². The Morgan fingerprint density at radius 2 is 2.32 bits per heavy atom. The highest BCUT2D eigenvalue weighted by atomic mass is 127. The van der Waals surface area contributed by atoms with Crippen LogP contribution in [-0.4, -0.2) is 47.6 Å². The normalized spacial score (nSPS) is 21.5. The minimum absolute atomic E-state index is 0. The molecule has 7 heteroatoms. The number of aliphatic imine (C=N–C) groups is 1. The maximum Gasteiger partial charge on any atom is 0.191 e. The summed E-state index contributed by atoms with van der Waals surface area (Å²) < 4.78 is 7.71. The van der Waals surface area contributed by atoms with Crippen molar-refractivity contribution in [2.75, 3.05) is 26.2 Å². The molecular formula is C15H28IN5O. The monoisotopic (exact) mass is 421 g/mol. The quantitative estimate of drug-likeness (QED) is 0.419. The summed E-state index contributed by atoms with van der Waals surface area (Å²) in [4.78, 5) is 4.64. The fourth-order valence-electron chi connectivity index (χ4n) is 2.43. The molecular weight excluding hydrogens is 393 g/mol. The third-order valence-electron chi connectivity index (χ3n) is 3.61. The van der Waals surface area contributed by atoms with E-state index >= 15 is 0 Å². The van der Waals surface area contributed by atoms with Gasteiger partial charge in [0.25, 0.3) is 0 Å². The topological polar surface area (TPSA) is 63.5 Å². The molecule has 1 atom stereocenters. The molecule has 1 unspecified atom stereocenters. The first-order chi connectivity index (χ1) is 10.1. The van der Waals surface area contributed by atoms with Crippen molar-refractivity contribution >= 4 is 29.9 Å². The van der Waals surface area contributed by atoms with Crippen LogP contribution in [0, 0.1) is 6.92 Å². The van der Waals surface area contributed by atoms with Crippen molar-refractivity contribution < 1.29 is 4.74 Å². The van der Waals surface area contributed by atoms with Crippen molar-refractivity contribution in [1.82, 2.24) is 20.4 Å². The van der Waals surface area contributed by atoms with Crippen molar-refractivity contribution in [3.05, 3.63) is 18.0 Å². The average molecular weight is 421 g/mol. The molecule has 1 aliphatic rings. The largest absolute Gasteiger partial charge is 0.373 e. The fourth-order valence-corrected chi connectivity index (χ4v) is 2.43. The van der Waals surface area contributed by atoms with E-state index in [-0.39, 0.29) is 29.6 Å². The molecule has 0 saturated carbocycles. The van der Waals surface area contributed by atoms with Gasteiger partial charge in [0.15, 0.2) is 5.96 Å². The van der Waals surface area contributed by atoms with Gasteiger partial charge in [0.2, 0.25) is 0 Å². The van der Waals surface area contributed by atoms with E-state index in [1.54, 1.807) is 0 Å².